The molecule has 0 aromatic heterocycles. The minimum Gasteiger partial charge on any atom is -0.339 e. The molecule has 1 unspecified atom stereocenters. The highest BCUT2D eigenvalue weighted by atomic mass is 31.2. The number of benzene rings is 4. The first-order valence-electron chi connectivity index (χ1n) is 12.3. The summed E-state index contributed by atoms with van der Waals surface area (Å²) in [5.74, 6) is -1.10. The number of Topliss-reactive ketones (excluding diaryl/α,β-unsaturated/α-hetero) is 1. The van der Waals surface area contributed by atoms with Crippen LogP contribution in [0.3, 0.4) is 0 Å². The van der Waals surface area contributed by atoms with Gasteiger partial charge in [-0.05, 0) is 65.2 Å². The Hall–Kier alpha value is -3.35. The van der Waals surface area contributed by atoms with Crippen molar-refractivity contribution in [1.29, 1.82) is 0 Å². The molecule has 7 nitrogen and oxygen atoms in total. The summed E-state index contributed by atoms with van der Waals surface area (Å²) in [6.45, 7) is 1.60. The van der Waals surface area contributed by atoms with E-state index in [0.29, 0.717) is 10.8 Å². The molecule has 1 aliphatic heterocycles. The highest BCUT2D eigenvalue weighted by Crippen LogP contribution is 2.55. The standard InChI is InChI=1S/C29H29N2O5P/c1-31(22-13-15-30-16-14-22)29(33)26-18-21-9-3-2-8-20(21)17-25(26)27(32)28(37(34,35)36)24-12-6-10-19-7-4-5-11-23(19)24/h2-12,17-18,22,28,30H,13-16H2,1H3,(H2,34,35,36). The molecular weight excluding hydrogens is 487 g/mol. The van der Waals surface area contributed by atoms with Gasteiger partial charge >= 0.3 is 7.60 Å². The van der Waals surface area contributed by atoms with E-state index in [1.54, 1.807) is 48.3 Å². The van der Waals surface area contributed by atoms with Gasteiger partial charge in [0.2, 0.25) is 0 Å². The highest BCUT2D eigenvalue weighted by molar-refractivity contribution is 7.53. The first-order valence-corrected chi connectivity index (χ1v) is 14.0. The van der Waals surface area contributed by atoms with Crippen LogP contribution in [0.5, 0.6) is 0 Å². The maximum atomic E-state index is 14.1. The van der Waals surface area contributed by atoms with Gasteiger partial charge in [-0.15, -0.1) is 0 Å². The average molecular weight is 517 g/mol. The highest BCUT2D eigenvalue weighted by Gasteiger charge is 2.40. The maximum Gasteiger partial charge on any atom is 0.340 e. The number of nitrogens with zero attached hydrogens (tertiary/aromatic N) is 1. The fourth-order valence-corrected chi connectivity index (χ4v) is 6.31. The number of hydrogen-bond donors (Lipinski definition) is 3. The van der Waals surface area contributed by atoms with Crippen LogP contribution in [0.1, 0.15) is 44.8 Å². The van der Waals surface area contributed by atoms with Crippen LogP contribution >= 0.6 is 7.60 Å². The predicted molar refractivity (Wildman–Crippen MR) is 145 cm³/mol. The van der Waals surface area contributed by atoms with Crippen molar-refractivity contribution in [2.24, 2.45) is 0 Å². The first-order chi connectivity index (χ1) is 17.8. The number of amides is 1. The molecule has 1 fully saturated rings. The van der Waals surface area contributed by atoms with E-state index in [2.05, 4.69) is 5.32 Å². The van der Waals surface area contributed by atoms with Crippen LogP contribution in [0.15, 0.2) is 78.9 Å². The van der Waals surface area contributed by atoms with Crippen LogP contribution in [0.2, 0.25) is 0 Å². The van der Waals surface area contributed by atoms with Gasteiger partial charge in [0.25, 0.3) is 5.91 Å². The van der Waals surface area contributed by atoms with Crippen molar-refractivity contribution in [3.63, 3.8) is 0 Å². The zero-order valence-corrected chi connectivity index (χ0v) is 21.4. The van der Waals surface area contributed by atoms with Gasteiger partial charge in [-0.3, -0.25) is 14.2 Å². The Morgan fingerprint density at radius 3 is 2.08 bits per heavy atom. The van der Waals surface area contributed by atoms with Gasteiger partial charge in [-0.1, -0.05) is 66.7 Å². The van der Waals surface area contributed by atoms with Crippen molar-refractivity contribution in [2.45, 2.75) is 24.5 Å². The summed E-state index contributed by atoms with van der Waals surface area (Å²) in [4.78, 5) is 50.5. The fourth-order valence-electron chi connectivity index (χ4n) is 5.28. The molecule has 0 spiro atoms. The normalized spacial score (nSPS) is 15.5. The number of nitrogens with one attached hydrogen (secondary N) is 1. The Balaban J connectivity index is 1.67. The van der Waals surface area contributed by atoms with Crippen molar-refractivity contribution in [2.75, 3.05) is 20.1 Å². The van der Waals surface area contributed by atoms with Gasteiger partial charge < -0.3 is 20.0 Å². The summed E-state index contributed by atoms with van der Waals surface area (Å²) in [5.41, 5.74) is -1.32. The van der Waals surface area contributed by atoms with Crippen LogP contribution in [0, 0.1) is 0 Å². The molecule has 4 aromatic carbocycles. The molecule has 8 heteroatoms. The second-order valence-electron chi connectivity index (χ2n) is 9.57. The van der Waals surface area contributed by atoms with E-state index in [1.165, 1.54) is 0 Å². The molecular formula is C29H29N2O5P. The third kappa shape index (κ3) is 4.96. The second-order valence-corrected chi connectivity index (χ2v) is 11.3. The third-order valence-electron chi connectivity index (χ3n) is 7.26. The number of piperidine rings is 1. The Kier molecular flexibility index (Phi) is 6.97. The van der Waals surface area contributed by atoms with E-state index in [1.807, 2.05) is 42.5 Å². The van der Waals surface area contributed by atoms with E-state index in [0.717, 1.165) is 36.7 Å². The molecule has 0 bridgehead atoms. The Bertz CT molecular complexity index is 1530. The van der Waals surface area contributed by atoms with E-state index in [4.69, 9.17) is 0 Å². The molecule has 0 aliphatic carbocycles. The van der Waals surface area contributed by atoms with Gasteiger partial charge in [-0.25, -0.2) is 0 Å². The zero-order valence-electron chi connectivity index (χ0n) is 20.5. The Morgan fingerprint density at radius 1 is 0.865 bits per heavy atom. The van der Waals surface area contributed by atoms with Gasteiger partial charge in [0.15, 0.2) is 5.78 Å². The van der Waals surface area contributed by atoms with Gasteiger partial charge in [0.1, 0.15) is 5.66 Å². The number of fused-ring (bicyclic) bond motifs is 2. The molecule has 5 rings (SSSR count). The van der Waals surface area contributed by atoms with Crippen LogP contribution in [-0.2, 0) is 4.57 Å². The summed E-state index contributed by atoms with van der Waals surface area (Å²) in [6, 6.07) is 22.9. The van der Waals surface area contributed by atoms with E-state index >= 15 is 0 Å². The molecule has 1 heterocycles. The molecule has 3 N–H and O–H groups in total. The summed E-state index contributed by atoms with van der Waals surface area (Å²) >= 11 is 0. The largest absolute Gasteiger partial charge is 0.340 e. The minimum absolute atomic E-state index is 0.0128. The van der Waals surface area contributed by atoms with Crippen LogP contribution in [-0.4, -0.2) is 52.6 Å². The molecule has 0 radical (unpaired) electrons. The smallest absolute Gasteiger partial charge is 0.339 e. The number of carbonyl (C=O) groups is 2. The molecule has 1 saturated heterocycles. The topological polar surface area (TPSA) is 107 Å². The van der Waals surface area contributed by atoms with E-state index in [-0.39, 0.29) is 28.6 Å². The maximum absolute atomic E-state index is 14.1. The molecule has 0 saturated carbocycles. The SMILES string of the molecule is CN(C(=O)c1cc2ccccc2cc1C(=O)C(c1cccc2ccccc12)P(=O)(O)O)C1CCNCC1. The second kappa shape index (κ2) is 10.2. The molecule has 1 aliphatic rings. The van der Waals surface area contributed by atoms with Gasteiger partial charge in [-0.2, -0.15) is 0 Å². The van der Waals surface area contributed by atoms with Crippen LogP contribution < -0.4 is 5.32 Å². The monoisotopic (exact) mass is 516 g/mol. The van der Waals surface area contributed by atoms with Crippen molar-refractivity contribution in [1.82, 2.24) is 10.2 Å². The van der Waals surface area contributed by atoms with Crippen molar-refractivity contribution in [3.05, 3.63) is 95.6 Å². The van der Waals surface area contributed by atoms with Crippen molar-refractivity contribution in [3.8, 4) is 0 Å². The summed E-state index contributed by atoms with van der Waals surface area (Å²) in [7, 11) is -3.24. The van der Waals surface area contributed by atoms with E-state index in [9.17, 15) is 23.9 Å². The summed E-state index contributed by atoms with van der Waals surface area (Å²) in [5, 5.41) is 6.14. The lowest BCUT2D eigenvalue weighted by atomic mass is 9.92. The lowest BCUT2D eigenvalue weighted by Gasteiger charge is -2.32. The van der Waals surface area contributed by atoms with Gasteiger partial charge in [0.05, 0.1) is 5.56 Å². The van der Waals surface area contributed by atoms with Crippen LogP contribution in [0.4, 0.5) is 0 Å². The number of ketones is 1. The number of rotatable bonds is 6. The number of hydrogen-bond acceptors (Lipinski definition) is 4. The van der Waals surface area contributed by atoms with Gasteiger partial charge in [0, 0.05) is 18.7 Å². The quantitative estimate of drug-likeness (QED) is 0.248. The minimum atomic E-state index is -4.97. The summed E-state index contributed by atoms with van der Waals surface area (Å²) < 4.78 is 12.9. The predicted octanol–water partition coefficient (Wildman–Crippen LogP) is 4.92. The number of carbonyl (C=O) groups excluding carboxylic acids is 2. The van der Waals surface area contributed by atoms with Crippen molar-refractivity contribution >= 4 is 40.8 Å². The average Bonchev–Trinajstić information content (AvgIpc) is 2.91. The summed E-state index contributed by atoms with van der Waals surface area (Å²) in [6.07, 6.45) is 1.58. The van der Waals surface area contributed by atoms with Crippen LogP contribution in [0.25, 0.3) is 21.5 Å². The molecule has 1 amide bonds. The zero-order chi connectivity index (χ0) is 26.2. The molecule has 1 atom stereocenters. The lowest BCUT2D eigenvalue weighted by Crippen LogP contribution is -2.44. The van der Waals surface area contributed by atoms with Crippen molar-refractivity contribution < 1.29 is 23.9 Å². The Labute approximate surface area is 215 Å². The third-order valence-corrected chi connectivity index (χ3v) is 8.45. The Morgan fingerprint density at radius 2 is 1.43 bits per heavy atom. The first kappa shape index (κ1) is 25.3. The molecule has 190 valence electrons. The van der Waals surface area contributed by atoms with E-state index < -0.39 is 19.0 Å². The molecule has 37 heavy (non-hydrogen) atoms. The lowest BCUT2D eigenvalue weighted by molar-refractivity contribution is 0.0698. The molecule has 4 aromatic rings. The fraction of sp³-hybridized carbons (Fsp3) is 0.241.